The summed E-state index contributed by atoms with van der Waals surface area (Å²) < 4.78 is 0. The highest BCUT2D eigenvalue weighted by molar-refractivity contribution is 5.17. The van der Waals surface area contributed by atoms with Gasteiger partial charge in [-0.3, -0.25) is 9.88 Å². The molecule has 1 fully saturated rings. The Balaban J connectivity index is 2.18. The van der Waals surface area contributed by atoms with Gasteiger partial charge in [-0.25, -0.2) is 0 Å². The van der Waals surface area contributed by atoms with Crippen molar-refractivity contribution >= 4 is 0 Å². The highest BCUT2D eigenvalue weighted by Gasteiger charge is 2.27. The van der Waals surface area contributed by atoms with Crippen LogP contribution < -0.4 is 5.73 Å². The number of hydrogen-bond donors (Lipinski definition) is 1. The van der Waals surface area contributed by atoms with E-state index >= 15 is 0 Å². The first kappa shape index (κ1) is 8.66. The van der Waals surface area contributed by atoms with E-state index in [1.54, 1.807) is 0 Å². The molecule has 0 aromatic carbocycles. The number of likely N-dealkylation sites (tertiary alicyclic amines) is 1. The summed E-state index contributed by atoms with van der Waals surface area (Å²) in [6.07, 6.45) is 4.74. The Kier molecular flexibility index (Phi) is 2.29. The number of pyridine rings is 1. The van der Waals surface area contributed by atoms with Crippen molar-refractivity contribution in [3.63, 3.8) is 0 Å². The molecule has 2 rings (SSSR count). The van der Waals surface area contributed by atoms with Gasteiger partial charge in [0.05, 0.1) is 0 Å². The lowest BCUT2D eigenvalue weighted by atomic mass is 10.1. The van der Waals surface area contributed by atoms with E-state index < -0.39 is 0 Å². The highest BCUT2D eigenvalue weighted by Crippen LogP contribution is 2.28. The first-order chi connectivity index (χ1) is 6.27. The SMILES string of the molecule is CN1CC(N)CC1c1ccncc1. The predicted molar refractivity (Wildman–Crippen MR) is 52.2 cm³/mol. The van der Waals surface area contributed by atoms with Gasteiger partial charge in [-0.1, -0.05) is 0 Å². The average Bonchev–Trinajstić information content (AvgIpc) is 2.47. The molecule has 0 bridgehead atoms. The summed E-state index contributed by atoms with van der Waals surface area (Å²) in [6.45, 7) is 0.993. The van der Waals surface area contributed by atoms with Crippen molar-refractivity contribution in [1.82, 2.24) is 9.88 Å². The molecule has 0 saturated carbocycles. The summed E-state index contributed by atoms with van der Waals surface area (Å²) in [5.41, 5.74) is 7.22. The Morgan fingerprint density at radius 1 is 1.46 bits per heavy atom. The molecule has 2 atom stereocenters. The lowest BCUT2D eigenvalue weighted by Crippen LogP contribution is -2.24. The Morgan fingerprint density at radius 3 is 2.69 bits per heavy atom. The zero-order chi connectivity index (χ0) is 9.26. The molecule has 2 N–H and O–H groups in total. The van der Waals surface area contributed by atoms with E-state index in [9.17, 15) is 0 Å². The molecule has 1 saturated heterocycles. The summed E-state index contributed by atoms with van der Waals surface area (Å²) in [5, 5.41) is 0. The summed E-state index contributed by atoms with van der Waals surface area (Å²) >= 11 is 0. The fourth-order valence-electron chi connectivity index (χ4n) is 2.01. The first-order valence-electron chi connectivity index (χ1n) is 4.63. The fourth-order valence-corrected chi connectivity index (χ4v) is 2.01. The zero-order valence-electron chi connectivity index (χ0n) is 7.85. The Bertz CT molecular complexity index is 273. The third-order valence-electron chi connectivity index (χ3n) is 2.67. The lowest BCUT2D eigenvalue weighted by molar-refractivity contribution is 0.316. The summed E-state index contributed by atoms with van der Waals surface area (Å²) in [7, 11) is 2.12. The molecule has 70 valence electrons. The van der Waals surface area contributed by atoms with Crippen LogP contribution >= 0.6 is 0 Å². The first-order valence-corrected chi connectivity index (χ1v) is 4.63. The van der Waals surface area contributed by atoms with Crippen molar-refractivity contribution in [1.29, 1.82) is 0 Å². The number of hydrogen-bond acceptors (Lipinski definition) is 3. The van der Waals surface area contributed by atoms with Crippen molar-refractivity contribution < 1.29 is 0 Å². The van der Waals surface area contributed by atoms with Crippen LogP contribution in [0.2, 0.25) is 0 Å². The molecule has 3 nitrogen and oxygen atoms in total. The molecule has 0 radical (unpaired) electrons. The standard InChI is InChI=1S/C10H15N3/c1-13-7-9(11)6-10(13)8-2-4-12-5-3-8/h2-5,9-10H,6-7,11H2,1H3. The van der Waals surface area contributed by atoms with Crippen LogP contribution in [0.5, 0.6) is 0 Å². The van der Waals surface area contributed by atoms with Gasteiger partial charge in [0.1, 0.15) is 0 Å². The molecule has 2 unspecified atom stereocenters. The normalized spacial score (nSPS) is 29.4. The molecule has 1 aromatic rings. The van der Waals surface area contributed by atoms with Crippen LogP contribution in [-0.2, 0) is 0 Å². The van der Waals surface area contributed by atoms with Gasteiger partial charge in [0.2, 0.25) is 0 Å². The Hall–Kier alpha value is -0.930. The van der Waals surface area contributed by atoms with Crippen LogP contribution in [0.1, 0.15) is 18.0 Å². The van der Waals surface area contributed by atoms with E-state index in [1.165, 1.54) is 5.56 Å². The van der Waals surface area contributed by atoms with Crippen molar-refractivity contribution in [2.45, 2.75) is 18.5 Å². The minimum atomic E-state index is 0.322. The van der Waals surface area contributed by atoms with Gasteiger partial charge in [0, 0.05) is 31.0 Å². The second kappa shape index (κ2) is 3.44. The zero-order valence-corrected chi connectivity index (χ0v) is 7.85. The molecule has 0 spiro atoms. The monoisotopic (exact) mass is 177 g/mol. The molecule has 2 heterocycles. The molecule has 1 aromatic heterocycles. The van der Waals surface area contributed by atoms with Crippen molar-refractivity contribution in [3.8, 4) is 0 Å². The van der Waals surface area contributed by atoms with Crippen LogP contribution in [0, 0.1) is 0 Å². The third kappa shape index (κ3) is 1.71. The van der Waals surface area contributed by atoms with Crippen molar-refractivity contribution in [2.24, 2.45) is 5.73 Å². The molecular formula is C10H15N3. The van der Waals surface area contributed by atoms with Crippen molar-refractivity contribution in [2.75, 3.05) is 13.6 Å². The highest BCUT2D eigenvalue weighted by atomic mass is 15.2. The fraction of sp³-hybridized carbons (Fsp3) is 0.500. The molecule has 1 aliphatic rings. The number of rotatable bonds is 1. The van der Waals surface area contributed by atoms with Gasteiger partial charge in [-0.05, 0) is 31.2 Å². The topological polar surface area (TPSA) is 42.1 Å². The van der Waals surface area contributed by atoms with E-state index in [4.69, 9.17) is 5.73 Å². The maximum Gasteiger partial charge on any atom is 0.0362 e. The Labute approximate surface area is 78.6 Å². The van der Waals surface area contributed by atoms with Gasteiger partial charge in [0.15, 0.2) is 0 Å². The van der Waals surface area contributed by atoms with Gasteiger partial charge in [-0.15, -0.1) is 0 Å². The van der Waals surface area contributed by atoms with E-state index in [1.807, 2.05) is 12.4 Å². The largest absolute Gasteiger partial charge is 0.326 e. The van der Waals surface area contributed by atoms with Crippen LogP contribution in [0.15, 0.2) is 24.5 Å². The van der Waals surface area contributed by atoms with Gasteiger partial charge >= 0.3 is 0 Å². The van der Waals surface area contributed by atoms with Gasteiger partial charge < -0.3 is 5.73 Å². The van der Waals surface area contributed by atoms with Crippen molar-refractivity contribution in [3.05, 3.63) is 30.1 Å². The summed E-state index contributed by atoms with van der Waals surface area (Å²) in [4.78, 5) is 6.32. The summed E-state index contributed by atoms with van der Waals surface area (Å²) in [5.74, 6) is 0. The lowest BCUT2D eigenvalue weighted by Gasteiger charge is -2.18. The van der Waals surface area contributed by atoms with Crippen LogP contribution in [0.3, 0.4) is 0 Å². The predicted octanol–water partition coefficient (Wildman–Crippen LogP) is 0.785. The molecule has 0 amide bonds. The van der Waals surface area contributed by atoms with E-state index in [2.05, 4.69) is 29.1 Å². The van der Waals surface area contributed by atoms with Gasteiger partial charge in [0.25, 0.3) is 0 Å². The number of nitrogens with zero attached hydrogens (tertiary/aromatic N) is 2. The number of aromatic nitrogens is 1. The van der Waals surface area contributed by atoms with Gasteiger partial charge in [-0.2, -0.15) is 0 Å². The van der Waals surface area contributed by atoms with Crippen LogP contribution in [0.25, 0.3) is 0 Å². The second-order valence-electron chi connectivity index (χ2n) is 3.73. The quantitative estimate of drug-likeness (QED) is 0.689. The number of likely N-dealkylation sites (N-methyl/N-ethyl adjacent to an activating group) is 1. The third-order valence-corrected chi connectivity index (χ3v) is 2.67. The average molecular weight is 177 g/mol. The van der Waals surface area contributed by atoms with E-state index in [-0.39, 0.29) is 0 Å². The van der Waals surface area contributed by atoms with E-state index in [0.29, 0.717) is 12.1 Å². The molecular weight excluding hydrogens is 162 g/mol. The molecule has 1 aliphatic heterocycles. The maximum absolute atomic E-state index is 5.90. The molecule has 0 aliphatic carbocycles. The maximum atomic E-state index is 5.90. The smallest absolute Gasteiger partial charge is 0.0362 e. The molecule has 3 heteroatoms. The molecule has 13 heavy (non-hydrogen) atoms. The summed E-state index contributed by atoms with van der Waals surface area (Å²) in [6, 6.07) is 4.94. The van der Waals surface area contributed by atoms with Crippen LogP contribution in [-0.4, -0.2) is 29.5 Å². The van der Waals surface area contributed by atoms with Crippen LogP contribution in [0.4, 0.5) is 0 Å². The number of nitrogens with two attached hydrogens (primary N) is 1. The van der Waals surface area contributed by atoms with E-state index in [0.717, 1.165) is 13.0 Å². The minimum absolute atomic E-state index is 0.322. The minimum Gasteiger partial charge on any atom is -0.326 e. The Morgan fingerprint density at radius 2 is 2.15 bits per heavy atom. The second-order valence-corrected chi connectivity index (χ2v) is 3.73.